The average molecular weight is 377 g/mol. The number of aromatic amines is 1. The number of carbonyl (C=O) groups is 1. The van der Waals surface area contributed by atoms with Crippen molar-refractivity contribution in [2.45, 2.75) is 57.5 Å². The number of nitrogens with one attached hydrogen (secondary N) is 2. The van der Waals surface area contributed by atoms with Crippen LogP contribution in [0.1, 0.15) is 54.6 Å². The highest BCUT2D eigenvalue weighted by molar-refractivity contribution is 5.87. The fourth-order valence-corrected chi connectivity index (χ4v) is 5.08. The van der Waals surface area contributed by atoms with E-state index in [1.807, 2.05) is 11.0 Å². The summed E-state index contributed by atoms with van der Waals surface area (Å²) in [7, 11) is 0. The number of fused-ring (bicyclic) bond motifs is 4. The number of hydrogen-bond acceptors (Lipinski definition) is 3. The minimum Gasteiger partial charge on any atom is -0.373 e. The Balaban J connectivity index is 1.38. The predicted octanol–water partition coefficient (Wildman–Crippen LogP) is 3.79. The van der Waals surface area contributed by atoms with Gasteiger partial charge in [0.1, 0.15) is 6.04 Å². The number of hydrogen-bond donors (Lipinski definition) is 2. The van der Waals surface area contributed by atoms with Gasteiger partial charge in [0.25, 0.3) is 0 Å². The molecule has 1 aromatic carbocycles. The number of aromatic nitrogens is 2. The zero-order valence-corrected chi connectivity index (χ0v) is 16.4. The van der Waals surface area contributed by atoms with Crippen LogP contribution in [0.15, 0.2) is 36.4 Å². The lowest BCUT2D eigenvalue weighted by molar-refractivity contribution is -0.134. The second-order valence-electron chi connectivity index (χ2n) is 8.30. The number of H-pyrrole nitrogens is 1. The molecule has 0 spiro atoms. The van der Waals surface area contributed by atoms with Crippen LogP contribution in [-0.2, 0) is 24.2 Å². The van der Waals surface area contributed by atoms with Crippen molar-refractivity contribution in [3.8, 4) is 0 Å². The highest BCUT2D eigenvalue weighted by Crippen LogP contribution is 2.45. The summed E-state index contributed by atoms with van der Waals surface area (Å²) in [6, 6.07) is 8.28. The number of rotatable bonds is 4. The molecule has 28 heavy (non-hydrogen) atoms. The lowest BCUT2D eigenvalue weighted by Crippen LogP contribution is -2.50. The Morgan fingerprint density at radius 3 is 3.11 bits per heavy atom. The first kappa shape index (κ1) is 17.5. The Labute approximate surface area is 166 Å². The van der Waals surface area contributed by atoms with E-state index in [1.165, 1.54) is 16.8 Å². The first-order valence-corrected chi connectivity index (χ1v) is 10.6. The van der Waals surface area contributed by atoms with E-state index in [1.54, 1.807) is 0 Å². The number of aryl methyl sites for hydroxylation is 1. The van der Waals surface area contributed by atoms with E-state index in [-0.39, 0.29) is 11.9 Å². The van der Waals surface area contributed by atoms with Crippen molar-refractivity contribution >= 4 is 11.6 Å². The third kappa shape index (κ3) is 2.84. The van der Waals surface area contributed by atoms with Gasteiger partial charge in [0.05, 0.1) is 5.69 Å². The van der Waals surface area contributed by atoms with Crippen molar-refractivity contribution in [2.24, 2.45) is 5.92 Å². The largest absolute Gasteiger partial charge is 0.373 e. The third-order valence-electron chi connectivity index (χ3n) is 6.64. The molecule has 1 aliphatic carbocycles. The Bertz CT molecular complexity index is 915. The van der Waals surface area contributed by atoms with Crippen LogP contribution >= 0.6 is 0 Å². The number of unbranched alkanes of at least 4 members (excludes halogenated alkanes) is 1. The predicted molar refractivity (Wildman–Crippen MR) is 110 cm³/mol. The zero-order valence-electron chi connectivity index (χ0n) is 16.4. The highest BCUT2D eigenvalue weighted by atomic mass is 16.2. The summed E-state index contributed by atoms with van der Waals surface area (Å²) in [6.45, 7) is 3.66. The number of para-hydroxylation sites is 1. The third-order valence-corrected chi connectivity index (χ3v) is 6.64. The summed E-state index contributed by atoms with van der Waals surface area (Å²) in [4.78, 5) is 15.6. The van der Waals surface area contributed by atoms with Crippen LogP contribution in [0.4, 0.5) is 5.69 Å². The second-order valence-corrected chi connectivity index (χ2v) is 8.30. The fraction of sp³-hybridized carbons (Fsp3) is 0.478. The van der Waals surface area contributed by atoms with Gasteiger partial charge in [-0.2, -0.15) is 5.10 Å². The van der Waals surface area contributed by atoms with E-state index in [2.05, 4.69) is 52.8 Å². The van der Waals surface area contributed by atoms with Gasteiger partial charge in [-0.15, -0.1) is 0 Å². The van der Waals surface area contributed by atoms with E-state index in [0.717, 1.165) is 50.0 Å². The maximum Gasteiger partial charge on any atom is 0.245 e. The van der Waals surface area contributed by atoms with Crippen LogP contribution in [0.3, 0.4) is 0 Å². The van der Waals surface area contributed by atoms with Crippen molar-refractivity contribution in [3.05, 3.63) is 58.9 Å². The topological polar surface area (TPSA) is 61.0 Å². The number of benzene rings is 1. The molecular formula is C23H28N4O. The highest BCUT2D eigenvalue weighted by Gasteiger charge is 2.42. The Morgan fingerprint density at radius 2 is 2.21 bits per heavy atom. The maximum atomic E-state index is 13.6. The fourth-order valence-electron chi connectivity index (χ4n) is 5.08. The summed E-state index contributed by atoms with van der Waals surface area (Å²) in [5, 5.41) is 11.3. The summed E-state index contributed by atoms with van der Waals surface area (Å²) in [5.41, 5.74) is 6.06. The maximum absolute atomic E-state index is 13.6. The Morgan fingerprint density at radius 1 is 1.32 bits per heavy atom. The Hall–Kier alpha value is -2.56. The molecule has 5 rings (SSSR count). The van der Waals surface area contributed by atoms with Crippen LogP contribution in [0.25, 0.3) is 0 Å². The van der Waals surface area contributed by atoms with Crippen LogP contribution in [0, 0.1) is 5.92 Å². The van der Waals surface area contributed by atoms with Gasteiger partial charge in [0.15, 0.2) is 0 Å². The number of nitrogens with zero attached hydrogens (tertiary/aromatic N) is 2. The molecule has 0 radical (unpaired) electrons. The molecule has 1 amide bonds. The lowest BCUT2D eigenvalue weighted by atomic mass is 9.79. The summed E-state index contributed by atoms with van der Waals surface area (Å²) >= 11 is 0. The molecule has 2 aromatic rings. The molecule has 3 atom stereocenters. The lowest BCUT2D eigenvalue weighted by Gasteiger charge is -2.39. The first-order chi connectivity index (χ1) is 13.8. The van der Waals surface area contributed by atoms with Crippen molar-refractivity contribution in [3.63, 3.8) is 0 Å². The number of anilines is 1. The van der Waals surface area contributed by atoms with Crippen LogP contribution in [-0.4, -0.2) is 33.6 Å². The Kier molecular flexibility index (Phi) is 4.46. The minimum atomic E-state index is -0.151. The quantitative estimate of drug-likeness (QED) is 0.798. The minimum absolute atomic E-state index is 0.151. The van der Waals surface area contributed by atoms with Gasteiger partial charge in [-0.1, -0.05) is 43.7 Å². The molecule has 2 aliphatic heterocycles. The van der Waals surface area contributed by atoms with Gasteiger partial charge in [-0.25, -0.2) is 0 Å². The molecule has 3 aliphatic rings. The van der Waals surface area contributed by atoms with Crippen LogP contribution in [0.2, 0.25) is 0 Å². The van der Waals surface area contributed by atoms with Gasteiger partial charge >= 0.3 is 0 Å². The SMILES string of the molecule is CCCCc1n[nH]c2c1CN(C(=O)[C@@H]1Nc3ccccc3[C@@H]3C=CC[C@H]13)CC2. The van der Waals surface area contributed by atoms with Crippen molar-refractivity contribution in [2.75, 3.05) is 11.9 Å². The second kappa shape index (κ2) is 7.12. The molecule has 0 bridgehead atoms. The number of allylic oxidation sites excluding steroid dienone is 2. The summed E-state index contributed by atoms with van der Waals surface area (Å²) in [6.07, 6.45) is 9.66. The number of amides is 1. The van der Waals surface area contributed by atoms with Crippen molar-refractivity contribution < 1.29 is 4.79 Å². The summed E-state index contributed by atoms with van der Waals surface area (Å²) in [5.74, 6) is 0.898. The smallest absolute Gasteiger partial charge is 0.245 e. The van der Waals surface area contributed by atoms with E-state index < -0.39 is 0 Å². The van der Waals surface area contributed by atoms with E-state index >= 15 is 0 Å². The van der Waals surface area contributed by atoms with E-state index in [4.69, 9.17) is 0 Å². The molecule has 0 fully saturated rings. The molecular weight excluding hydrogens is 348 g/mol. The standard InChI is InChI=1S/C23H28N4O/c1-2-3-10-20-18-14-27(13-12-21(18)26-25-20)23(28)22-17-9-6-8-15(17)16-7-4-5-11-19(16)24-22/h4-8,11,15,17,22,24H,2-3,9-10,12-14H2,1H3,(H,25,26)/t15-,17-,22+/m0/s1. The average Bonchev–Trinajstić information content (AvgIpc) is 3.38. The van der Waals surface area contributed by atoms with Crippen LogP contribution < -0.4 is 5.32 Å². The molecule has 0 saturated heterocycles. The molecule has 3 heterocycles. The molecule has 2 N–H and O–H groups in total. The molecule has 5 nitrogen and oxygen atoms in total. The van der Waals surface area contributed by atoms with Crippen LogP contribution in [0.5, 0.6) is 0 Å². The van der Waals surface area contributed by atoms with E-state index in [9.17, 15) is 4.79 Å². The van der Waals surface area contributed by atoms with Gasteiger partial charge in [0, 0.05) is 48.3 Å². The first-order valence-electron chi connectivity index (χ1n) is 10.6. The van der Waals surface area contributed by atoms with Crippen molar-refractivity contribution in [1.29, 1.82) is 0 Å². The molecule has 146 valence electrons. The normalized spacial score (nSPS) is 25.0. The summed E-state index contributed by atoms with van der Waals surface area (Å²) < 4.78 is 0. The van der Waals surface area contributed by atoms with Gasteiger partial charge in [-0.3, -0.25) is 9.89 Å². The molecule has 0 unspecified atom stereocenters. The number of carbonyl (C=O) groups excluding carboxylic acids is 1. The molecule has 0 saturated carbocycles. The molecule has 5 heteroatoms. The van der Waals surface area contributed by atoms with Gasteiger partial charge in [0.2, 0.25) is 5.91 Å². The van der Waals surface area contributed by atoms with E-state index in [0.29, 0.717) is 18.4 Å². The van der Waals surface area contributed by atoms with Gasteiger partial charge < -0.3 is 10.2 Å². The zero-order chi connectivity index (χ0) is 19.1. The monoisotopic (exact) mass is 376 g/mol. The van der Waals surface area contributed by atoms with Crippen molar-refractivity contribution in [1.82, 2.24) is 15.1 Å². The molecule has 1 aromatic heterocycles. The van der Waals surface area contributed by atoms with Gasteiger partial charge in [-0.05, 0) is 30.9 Å².